The number of hydrogen-bond acceptors (Lipinski definition) is 4. The third kappa shape index (κ3) is 2.80. The fourth-order valence-corrected chi connectivity index (χ4v) is 5.29. The van der Waals surface area contributed by atoms with Gasteiger partial charge in [-0.1, -0.05) is 0 Å². The van der Waals surface area contributed by atoms with Gasteiger partial charge < -0.3 is 15.4 Å². The molecule has 3 aromatic rings. The highest BCUT2D eigenvalue weighted by molar-refractivity contribution is 7.15. The summed E-state index contributed by atoms with van der Waals surface area (Å²) in [6, 6.07) is 6.72. The molecule has 0 radical (unpaired) electrons. The summed E-state index contributed by atoms with van der Waals surface area (Å²) in [6.07, 6.45) is 4.60. The van der Waals surface area contributed by atoms with Crippen molar-refractivity contribution >= 4 is 28.2 Å². The van der Waals surface area contributed by atoms with E-state index in [4.69, 9.17) is 0 Å². The lowest BCUT2D eigenvalue weighted by molar-refractivity contribution is 0.0695. The first-order valence-electron chi connectivity index (χ1n) is 9.29. The number of carbonyl (C=O) groups is 1. The van der Waals surface area contributed by atoms with Gasteiger partial charge in [-0.05, 0) is 67.0 Å². The number of hydrogen-bond donors (Lipinski definition) is 3. The van der Waals surface area contributed by atoms with Gasteiger partial charge in [-0.2, -0.15) is 0 Å². The quantitative estimate of drug-likeness (QED) is 0.644. The van der Waals surface area contributed by atoms with Crippen LogP contribution in [0.25, 0.3) is 21.3 Å². The van der Waals surface area contributed by atoms with Gasteiger partial charge in [0, 0.05) is 39.4 Å². The minimum Gasteiger partial charge on any atom is -0.477 e. The molecule has 3 heterocycles. The van der Waals surface area contributed by atoms with Gasteiger partial charge >= 0.3 is 5.97 Å². The average molecular weight is 380 g/mol. The van der Waals surface area contributed by atoms with Crippen LogP contribution in [0.3, 0.4) is 0 Å². The van der Waals surface area contributed by atoms with Crippen molar-refractivity contribution in [3.05, 3.63) is 56.2 Å². The molecule has 0 bridgehead atoms. The van der Waals surface area contributed by atoms with Gasteiger partial charge in [0.15, 0.2) is 0 Å². The smallest absolute Gasteiger partial charge is 0.341 e. The Balaban J connectivity index is 1.70. The summed E-state index contributed by atoms with van der Waals surface area (Å²) in [5.41, 5.74) is 3.80. The second-order valence-corrected chi connectivity index (χ2v) is 8.78. The lowest BCUT2D eigenvalue weighted by Gasteiger charge is -2.19. The normalized spacial score (nSPS) is 19.2. The van der Waals surface area contributed by atoms with Gasteiger partial charge in [0.25, 0.3) is 0 Å². The van der Waals surface area contributed by atoms with Crippen LogP contribution in [0.2, 0.25) is 0 Å². The van der Waals surface area contributed by atoms with Crippen LogP contribution in [0, 0.1) is 0 Å². The molecule has 2 aromatic heterocycles. The van der Waals surface area contributed by atoms with Crippen molar-refractivity contribution in [2.24, 2.45) is 0 Å². The monoisotopic (exact) mass is 380 g/mol. The molecule has 0 amide bonds. The number of nitrogens with one attached hydrogen (secondary N) is 2. The number of H-pyrrole nitrogens is 1. The molecule has 2 aliphatic rings. The number of aromatic carboxylic acids is 1. The summed E-state index contributed by atoms with van der Waals surface area (Å²) in [4.78, 5) is 29.6. The number of rotatable bonds is 3. The summed E-state index contributed by atoms with van der Waals surface area (Å²) in [7, 11) is 0. The number of fused-ring (bicyclic) bond motifs is 2. The van der Waals surface area contributed by atoms with Gasteiger partial charge in [0.05, 0.1) is 0 Å². The van der Waals surface area contributed by atoms with Crippen LogP contribution in [-0.2, 0) is 13.0 Å². The average Bonchev–Trinajstić information content (AvgIpc) is 3.40. The maximum absolute atomic E-state index is 12.6. The van der Waals surface area contributed by atoms with Crippen molar-refractivity contribution in [2.45, 2.75) is 44.7 Å². The Bertz CT molecular complexity index is 1140. The van der Waals surface area contributed by atoms with Crippen LogP contribution in [0.15, 0.2) is 29.2 Å². The van der Waals surface area contributed by atoms with Crippen LogP contribution in [0.1, 0.15) is 52.0 Å². The number of aromatic nitrogens is 1. The summed E-state index contributed by atoms with van der Waals surface area (Å²) >= 11 is 1.85. The van der Waals surface area contributed by atoms with E-state index < -0.39 is 11.4 Å². The highest BCUT2D eigenvalue weighted by atomic mass is 32.1. The van der Waals surface area contributed by atoms with Crippen molar-refractivity contribution < 1.29 is 9.90 Å². The Morgan fingerprint density at radius 3 is 2.81 bits per heavy atom. The minimum absolute atomic E-state index is 0.205. The molecule has 1 atom stereocenters. The molecule has 1 aliphatic carbocycles. The largest absolute Gasteiger partial charge is 0.477 e. The highest BCUT2D eigenvalue weighted by Crippen LogP contribution is 2.47. The second kappa shape index (κ2) is 6.04. The Morgan fingerprint density at radius 2 is 2.07 bits per heavy atom. The molecule has 1 aliphatic heterocycles. The minimum atomic E-state index is -1.19. The number of carboxylic acids is 1. The van der Waals surface area contributed by atoms with E-state index in [9.17, 15) is 14.7 Å². The fourth-order valence-electron chi connectivity index (χ4n) is 3.94. The van der Waals surface area contributed by atoms with Crippen molar-refractivity contribution in [1.82, 2.24) is 10.3 Å². The molecular formula is C21H20N2O3S. The lowest BCUT2D eigenvalue weighted by Crippen LogP contribution is -2.31. The summed E-state index contributed by atoms with van der Waals surface area (Å²) < 4.78 is 0. The van der Waals surface area contributed by atoms with Gasteiger partial charge in [0.2, 0.25) is 5.43 Å². The van der Waals surface area contributed by atoms with Crippen molar-refractivity contribution in [3.63, 3.8) is 0 Å². The van der Waals surface area contributed by atoms with E-state index in [1.54, 1.807) is 0 Å². The molecule has 1 unspecified atom stereocenters. The van der Waals surface area contributed by atoms with E-state index in [1.807, 2.05) is 23.5 Å². The number of aromatic amines is 1. The summed E-state index contributed by atoms with van der Waals surface area (Å²) in [5.74, 6) is -0.726. The van der Waals surface area contributed by atoms with E-state index in [0.29, 0.717) is 22.9 Å². The van der Waals surface area contributed by atoms with Crippen LogP contribution in [0.5, 0.6) is 0 Å². The summed E-state index contributed by atoms with van der Waals surface area (Å²) in [6.45, 7) is 3.11. The van der Waals surface area contributed by atoms with Crippen LogP contribution < -0.4 is 10.7 Å². The zero-order chi connectivity index (χ0) is 18.7. The van der Waals surface area contributed by atoms with E-state index in [2.05, 4.69) is 23.3 Å². The predicted octanol–water partition coefficient (Wildman–Crippen LogP) is 3.87. The van der Waals surface area contributed by atoms with E-state index in [1.165, 1.54) is 32.6 Å². The highest BCUT2D eigenvalue weighted by Gasteiger charge is 2.29. The molecule has 5 rings (SSSR count). The van der Waals surface area contributed by atoms with Gasteiger partial charge in [0.1, 0.15) is 5.56 Å². The van der Waals surface area contributed by atoms with E-state index in [0.717, 1.165) is 25.8 Å². The second-order valence-electron chi connectivity index (χ2n) is 7.64. The first-order chi connectivity index (χ1) is 13.0. The Labute approximate surface area is 160 Å². The molecule has 3 N–H and O–H groups in total. The van der Waals surface area contributed by atoms with Crippen LogP contribution in [0.4, 0.5) is 0 Å². The number of pyridine rings is 1. The molecule has 0 spiro atoms. The van der Waals surface area contributed by atoms with Crippen LogP contribution >= 0.6 is 11.3 Å². The molecule has 27 heavy (non-hydrogen) atoms. The first kappa shape index (κ1) is 16.7. The third-order valence-corrected chi connectivity index (χ3v) is 6.83. The SMILES string of the molecule is CC1Cc2sc(-c3cc4[nH]cc(C(=O)O)c(=O)c4cc3C3CC3)cc2CN1. The zero-order valence-corrected chi connectivity index (χ0v) is 15.8. The molecule has 1 aromatic carbocycles. The van der Waals surface area contributed by atoms with E-state index >= 15 is 0 Å². The maximum atomic E-state index is 12.6. The third-order valence-electron chi connectivity index (χ3n) is 5.59. The lowest BCUT2D eigenvalue weighted by atomic mass is 9.97. The van der Waals surface area contributed by atoms with Crippen molar-refractivity contribution in [3.8, 4) is 10.4 Å². The summed E-state index contributed by atoms with van der Waals surface area (Å²) in [5, 5.41) is 13.2. The Kier molecular flexibility index (Phi) is 3.74. The molecular weight excluding hydrogens is 360 g/mol. The first-order valence-corrected chi connectivity index (χ1v) is 10.1. The Hall–Kier alpha value is -2.44. The van der Waals surface area contributed by atoms with Gasteiger partial charge in [-0.25, -0.2) is 4.79 Å². The van der Waals surface area contributed by atoms with Crippen molar-refractivity contribution in [1.29, 1.82) is 0 Å². The zero-order valence-electron chi connectivity index (χ0n) is 15.0. The van der Waals surface area contributed by atoms with Crippen molar-refractivity contribution in [2.75, 3.05) is 0 Å². The van der Waals surface area contributed by atoms with E-state index in [-0.39, 0.29) is 5.56 Å². The van der Waals surface area contributed by atoms with Gasteiger partial charge in [-0.15, -0.1) is 11.3 Å². The molecule has 0 saturated heterocycles. The molecule has 1 saturated carbocycles. The Morgan fingerprint density at radius 1 is 1.26 bits per heavy atom. The van der Waals surface area contributed by atoms with Crippen LogP contribution in [-0.4, -0.2) is 22.1 Å². The molecule has 6 heteroatoms. The molecule has 1 fully saturated rings. The standard InChI is InChI=1S/C21H20N2O3S/c1-10-4-18-12(8-22-10)5-19(27-18)14-7-17-15(6-13(14)11-2-3-11)20(24)16(9-23-17)21(25)26/h5-7,9-11,22H,2-4,8H2,1H3,(H,23,24)(H,25,26). The molecule has 138 valence electrons. The van der Waals surface area contributed by atoms with Gasteiger partial charge in [-0.3, -0.25) is 4.79 Å². The molecule has 5 nitrogen and oxygen atoms in total. The number of carboxylic acid groups (broad SMARTS) is 1. The topological polar surface area (TPSA) is 82.2 Å². The number of benzene rings is 1. The maximum Gasteiger partial charge on any atom is 0.341 e. The fraction of sp³-hybridized carbons (Fsp3) is 0.333. The predicted molar refractivity (Wildman–Crippen MR) is 107 cm³/mol. The number of thiophene rings is 1.